The Bertz CT molecular complexity index is 986. The molecule has 5 nitrogen and oxygen atoms in total. The van der Waals surface area contributed by atoms with Crippen LogP contribution in [-0.2, 0) is 4.79 Å². The highest BCUT2D eigenvalue weighted by atomic mass is 19.1. The minimum atomic E-state index is -0.816. The molecule has 32 heavy (non-hydrogen) atoms. The third-order valence-corrected chi connectivity index (χ3v) is 6.40. The third-order valence-electron chi connectivity index (χ3n) is 6.40. The van der Waals surface area contributed by atoms with Crippen LogP contribution in [0.1, 0.15) is 36.0 Å². The molecule has 1 atom stereocenters. The number of benzene rings is 2. The molecule has 1 saturated carbocycles. The van der Waals surface area contributed by atoms with Gasteiger partial charge in [-0.1, -0.05) is 25.0 Å². The minimum Gasteiger partial charge on any atom is -0.336 e. The average molecular weight is 445 g/mol. The SMILES string of the molecule is O=C(Nc1ccc(F)cc1F)[C@@H](C1CCCC1)N1CCN(C(=O)c2ccccc2F)CC1. The molecule has 2 fully saturated rings. The summed E-state index contributed by atoms with van der Waals surface area (Å²) >= 11 is 0. The fourth-order valence-electron chi connectivity index (χ4n) is 4.76. The summed E-state index contributed by atoms with van der Waals surface area (Å²) in [7, 11) is 0. The van der Waals surface area contributed by atoms with E-state index in [1.165, 1.54) is 18.2 Å². The van der Waals surface area contributed by atoms with Crippen molar-refractivity contribution in [2.24, 2.45) is 5.92 Å². The van der Waals surface area contributed by atoms with Crippen LogP contribution in [0.5, 0.6) is 0 Å². The summed E-state index contributed by atoms with van der Waals surface area (Å²) in [6, 6.07) is 8.51. The van der Waals surface area contributed by atoms with E-state index in [-0.39, 0.29) is 29.0 Å². The van der Waals surface area contributed by atoms with Gasteiger partial charge in [0.1, 0.15) is 17.5 Å². The van der Waals surface area contributed by atoms with Crippen LogP contribution in [0, 0.1) is 23.4 Å². The van der Waals surface area contributed by atoms with E-state index in [0.717, 1.165) is 37.8 Å². The van der Waals surface area contributed by atoms with Gasteiger partial charge < -0.3 is 10.2 Å². The lowest BCUT2D eigenvalue weighted by molar-refractivity contribution is -0.124. The second-order valence-corrected chi connectivity index (χ2v) is 8.41. The first-order valence-corrected chi connectivity index (χ1v) is 11.0. The van der Waals surface area contributed by atoms with Crippen molar-refractivity contribution >= 4 is 17.5 Å². The Morgan fingerprint density at radius 1 is 0.906 bits per heavy atom. The number of nitrogens with zero attached hydrogens (tertiary/aromatic N) is 2. The molecule has 2 aromatic carbocycles. The van der Waals surface area contributed by atoms with E-state index in [4.69, 9.17) is 0 Å². The normalized spacial score (nSPS) is 18.5. The topological polar surface area (TPSA) is 52.7 Å². The maximum Gasteiger partial charge on any atom is 0.256 e. The van der Waals surface area contributed by atoms with Gasteiger partial charge in [0.15, 0.2) is 0 Å². The molecule has 8 heteroatoms. The standard InChI is InChI=1S/C24H26F3N3O2/c25-17-9-10-21(20(27)15-17)28-23(31)22(16-5-1-2-6-16)29-11-13-30(14-12-29)24(32)18-7-3-4-8-19(18)26/h3-4,7-10,15-16,22H,1-2,5-6,11-14H2,(H,28,31)/t22-/m1/s1. The minimum absolute atomic E-state index is 0.0396. The lowest BCUT2D eigenvalue weighted by Gasteiger charge is -2.40. The van der Waals surface area contributed by atoms with Gasteiger partial charge in [-0.15, -0.1) is 0 Å². The van der Waals surface area contributed by atoms with Gasteiger partial charge >= 0.3 is 0 Å². The van der Waals surface area contributed by atoms with Crippen molar-refractivity contribution < 1.29 is 22.8 Å². The molecular weight excluding hydrogens is 419 g/mol. The summed E-state index contributed by atoms with van der Waals surface area (Å²) in [4.78, 5) is 29.5. The molecule has 1 saturated heterocycles. The molecule has 170 valence electrons. The first-order chi connectivity index (χ1) is 15.4. The molecule has 1 N–H and O–H groups in total. The lowest BCUT2D eigenvalue weighted by atomic mass is 9.94. The Hall–Kier alpha value is -2.87. The summed E-state index contributed by atoms with van der Waals surface area (Å²) in [5.74, 6) is -2.63. The van der Waals surface area contributed by atoms with Gasteiger partial charge in [-0.25, -0.2) is 13.2 Å². The van der Waals surface area contributed by atoms with E-state index in [1.807, 2.05) is 4.90 Å². The molecule has 2 amide bonds. The Labute approximate surface area is 185 Å². The van der Waals surface area contributed by atoms with Gasteiger partial charge in [-0.3, -0.25) is 14.5 Å². The van der Waals surface area contributed by atoms with E-state index >= 15 is 0 Å². The fourth-order valence-corrected chi connectivity index (χ4v) is 4.76. The lowest BCUT2D eigenvalue weighted by Crippen LogP contribution is -2.57. The highest BCUT2D eigenvalue weighted by Crippen LogP contribution is 2.32. The number of nitrogens with one attached hydrogen (secondary N) is 1. The Kier molecular flexibility index (Phi) is 6.79. The molecule has 0 bridgehead atoms. The third kappa shape index (κ3) is 4.80. The van der Waals surface area contributed by atoms with Crippen molar-refractivity contribution in [1.82, 2.24) is 9.80 Å². The molecule has 2 aliphatic rings. The number of halogens is 3. The van der Waals surface area contributed by atoms with Crippen molar-refractivity contribution in [3.63, 3.8) is 0 Å². The monoisotopic (exact) mass is 445 g/mol. The number of anilines is 1. The zero-order valence-corrected chi connectivity index (χ0v) is 17.7. The number of carbonyl (C=O) groups excluding carboxylic acids is 2. The summed E-state index contributed by atoms with van der Waals surface area (Å²) < 4.78 is 41.3. The van der Waals surface area contributed by atoms with Gasteiger partial charge in [0.2, 0.25) is 5.91 Å². The molecule has 1 aliphatic heterocycles. The predicted octanol–water partition coefficient (Wildman–Crippen LogP) is 4.06. The fraction of sp³-hybridized carbons (Fsp3) is 0.417. The van der Waals surface area contributed by atoms with Crippen molar-refractivity contribution in [2.75, 3.05) is 31.5 Å². The number of hydrogen-bond acceptors (Lipinski definition) is 3. The van der Waals surface area contributed by atoms with Crippen LogP contribution in [0.3, 0.4) is 0 Å². The van der Waals surface area contributed by atoms with Crippen LogP contribution in [0.4, 0.5) is 18.9 Å². The number of amides is 2. The van der Waals surface area contributed by atoms with E-state index in [1.54, 1.807) is 17.0 Å². The van der Waals surface area contributed by atoms with Gasteiger partial charge in [0.25, 0.3) is 5.91 Å². The zero-order valence-electron chi connectivity index (χ0n) is 17.7. The maximum atomic E-state index is 14.1. The zero-order chi connectivity index (χ0) is 22.7. The van der Waals surface area contributed by atoms with E-state index < -0.39 is 23.5 Å². The van der Waals surface area contributed by atoms with Crippen LogP contribution in [0.15, 0.2) is 42.5 Å². The van der Waals surface area contributed by atoms with Crippen molar-refractivity contribution in [3.05, 3.63) is 65.5 Å². The summed E-state index contributed by atoms with van der Waals surface area (Å²) in [5.41, 5.74) is -0.00872. The molecule has 0 unspecified atom stereocenters. The van der Waals surface area contributed by atoms with Gasteiger partial charge in [0, 0.05) is 32.2 Å². The second-order valence-electron chi connectivity index (χ2n) is 8.41. The molecule has 0 radical (unpaired) electrons. The number of rotatable bonds is 5. The molecule has 0 aromatic heterocycles. The summed E-state index contributed by atoms with van der Waals surface area (Å²) in [6.07, 6.45) is 3.87. The smallest absolute Gasteiger partial charge is 0.256 e. The summed E-state index contributed by atoms with van der Waals surface area (Å²) in [6.45, 7) is 1.66. The Morgan fingerprint density at radius 2 is 1.59 bits per heavy atom. The maximum absolute atomic E-state index is 14.1. The first-order valence-electron chi connectivity index (χ1n) is 11.0. The predicted molar refractivity (Wildman–Crippen MR) is 115 cm³/mol. The number of hydrogen-bond donors (Lipinski definition) is 1. The molecule has 0 spiro atoms. The van der Waals surface area contributed by atoms with Crippen LogP contribution >= 0.6 is 0 Å². The molecule has 1 heterocycles. The summed E-state index contributed by atoms with van der Waals surface area (Å²) in [5, 5.41) is 2.63. The molecule has 1 aliphatic carbocycles. The van der Waals surface area contributed by atoms with Gasteiger partial charge in [0.05, 0.1) is 17.3 Å². The van der Waals surface area contributed by atoms with Crippen LogP contribution in [0.2, 0.25) is 0 Å². The van der Waals surface area contributed by atoms with Crippen molar-refractivity contribution in [3.8, 4) is 0 Å². The number of carbonyl (C=O) groups is 2. The Morgan fingerprint density at radius 3 is 2.25 bits per heavy atom. The molecular formula is C24H26F3N3O2. The van der Waals surface area contributed by atoms with E-state index in [2.05, 4.69) is 5.32 Å². The highest BCUT2D eigenvalue weighted by molar-refractivity contribution is 5.96. The van der Waals surface area contributed by atoms with Gasteiger partial charge in [-0.05, 0) is 43.0 Å². The van der Waals surface area contributed by atoms with Crippen LogP contribution in [-0.4, -0.2) is 53.8 Å². The highest BCUT2D eigenvalue weighted by Gasteiger charge is 2.37. The van der Waals surface area contributed by atoms with Crippen LogP contribution in [0.25, 0.3) is 0 Å². The van der Waals surface area contributed by atoms with Crippen molar-refractivity contribution in [1.29, 1.82) is 0 Å². The van der Waals surface area contributed by atoms with Crippen molar-refractivity contribution in [2.45, 2.75) is 31.7 Å². The van der Waals surface area contributed by atoms with E-state index in [0.29, 0.717) is 26.2 Å². The Balaban J connectivity index is 1.45. The second kappa shape index (κ2) is 9.73. The van der Waals surface area contributed by atoms with E-state index in [9.17, 15) is 22.8 Å². The number of piperazine rings is 1. The average Bonchev–Trinajstić information content (AvgIpc) is 3.30. The first kappa shape index (κ1) is 22.3. The molecule has 2 aromatic rings. The van der Waals surface area contributed by atoms with Gasteiger partial charge in [-0.2, -0.15) is 0 Å². The quantitative estimate of drug-likeness (QED) is 0.755. The van der Waals surface area contributed by atoms with Crippen LogP contribution < -0.4 is 5.32 Å². The molecule has 4 rings (SSSR count). The largest absolute Gasteiger partial charge is 0.336 e.